The largest absolute Gasteiger partial charge is 2.00 e. The van der Waals surface area contributed by atoms with Gasteiger partial charge in [-0.25, -0.2) is 0 Å². The molecule has 0 aromatic heterocycles. The van der Waals surface area contributed by atoms with Crippen LogP contribution in [0.4, 0.5) is 0 Å². The Hall–Kier alpha value is -1.32. The van der Waals surface area contributed by atoms with Crippen LogP contribution in [0.1, 0.15) is 0 Å². The minimum absolute atomic E-state index is 0. The van der Waals surface area contributed by atoms with E-state index in [4.69, 9.17) is 39.6 Å². The summed E-state index contributed by atoms with van der Waals surface area (Å²) in [5.41, 5.74) is 0. The third-order valence-electron chi connectivity index (χ3n) is 0.667. The zero-order chi connectivity index (χ0) is 17.1. The molecule has 8 nitrogen and oxygen atoms in total. The number of carboxylic acids is 4. The minimum Gasteiger partial charge on any atom is -0.545 e. The number of carbonyl (C=O) groups is 4. The van der Waals surface area contributed by atoms with E-state index >= 15 is 0 Å². The summed E-state index contributed by atoms with van der Waals surface area (Å²) in [6.45, 7) is 11.6. The van der Waals surface area contributed by atoms with Gasteiger partial charge in [0, 0.05) is 0 Å². The molecule has 0 aromatic rings. The van der Waals surface area contributed by atoms with Crippen molar-refractivity contribution >= 4 is 78.5 Å². The van der Waals surface area contributed by atoms with Gasteiger partial charge in [-0.05, 0) is 24.3 Å². The van der Waals surface area contributed by atoms with Gasteiger partial charge in [-0.2, -0.15) is 0 Å². The zero-order valence-electron chi connectivity index (χ0n) is 11.4. The molecule has 0 aliphatic carbocycles. The molecule has 0 unspecified atom stereocenters. The Morgan fingerprint density at radius 3 is 0.545 bits per heavy atom. The Bertz CT molecular complexity index is 305. The van der Waals surface area contributed by atoms with Gasteiger partial charge in [-0.3, -0.25) is 0 Å². The van der Waals surface area contributed by atoms with Gasteiger partial charge in [-0.15, -0.1) is 0 Å². The van der Waals surface area contributed by atoms with Gasteiger partial charge in [0.15, 0.2) is 0 Å². The van der Waals surface area contributed by atoms with Gasteiger partial charge in [-0.1, -0.05) is 26.3 Å². The fourth-order valence-corrected chi connectivity index (χ4v) is 0. The summed E-state index contributed by atoms with van der Waals surface area (Å²) in [4.78, 5) is 36.6. The van der Waals surface area contributed by atoms with E-state index in [0.717, 1.165) is 24.3 Å². The molecule has 0 heterocycles. The molecule has 0 N–H and O–H groups in total. The van der Waals surface area contributed by atoms with E-state index < -0.39 is 23.9 Å². The molecule has 0 saturated heterocycles. The molecule has 0 atom stereocenters. The molecule has 0 aliphatic rings. The van der Waals surface area contributed by atoms with Gasteiger partial charge in [0.05, 0.1) is 23.9 Å². The van der Waals surface area contributed by atoms with Crippen LogP contribution in [-0.2, 0) is 19.2 Å². The molecule has 0 spiro atoms. The van der Waals surface area contributed by atoms with Crippen molar-refractivity contribution in [3.8, 4) is 0 Å². The maximum atomic E-state index is 9.14. The maximum absolute atomic E-state index is 9.14. The monoisotopic (exact) mass is 700 g/mol. The predicted octanol–water partition coefficient (Wildman–Crippen LogP) is -5.07. The number of hydrogen-bond acceptors (Lipinski definition) is 8. The first-order valence-corrected chi connectivity index (χ1v) is 4.42. The van der Waals surface area contributed by atoms with Crippen molar-refractivity contribution in [3.05, 3.63) is 50.6 Å². The Morgan fingerprint density at radius 2 is 0.545 bits per heavy atom. The van der Waals surface area contributed by atoms with Crippen molar-refractivity contribution in [1.29, 1.82) is 0 Å². The second-order valence-electron chi connectivity index (χ2n) is 2.09. The quantitative estimate of drug-likeness (QED) is 0.208. The van der Waals surface area contributed by atoms with E-state index in [0.29, 0.717) is 0 Å². The molecule has 116 valence electrons. The fraction of sp³-hybridized carbons (Fsp3) is 0. The Labute approximate surface area is 167 Å². The molecular formula is C12H12O8Pb2. The molecule has 4 radical (unpaired) electrons. The van der Waals surface area contributed by atoms with E-state index in [-0.39, 0.29) is 54.6 Å². The molecule has 22 heavy (non-hydrogen) atoms. The number of rotatable bonds is 4. The summed E-state index contributed by atoms with van der Waals surface area (Å²) >= 11 is 0. The van der Waals surface area contributed by atoms with Crippen molar-refractivity contribution in [2.45, 2.75) is 0 Å². The average molecular weight is 699 g/mol. The zero-order valence-corrected chi connectivity index (χ0v) is 19.2. The SMILES string of the molecule is C=CC(=O)[O-].C=CC(=O)[O-].C=CC(=O)[O-].C=CC(=O)[O-].[Pb+2].[Pb+2]. The van der Waals surface area contributed by atoms with Crippen LogP contribution in [0.3, 0.4) is 0 Å². The van der Waals surface area contributed by atoms with Crippen molar-refractivity contribution < 1.29 is 39.6 Å². The molecular weight excluding hydrogens is 687 g/mol. The number of hydrogen-bond donors (Lipinski definition) is 0. The Morgan fingerprint density at radius 1 is 0.500 bits per heavy atom. The van der Waals surface area contributed by atoms with E-state index in [1.807, 2.05) is 0 Å². The minimum atomic E-state index is -1.23. The topological polar surface area (TPSA) is 161 Å². The first-order chi connectivity index (χ1) is 9.08. The predicted molar refractivity (Wildman–Crippen MR) is 72.3 cm³/mol. The van der Waals surface area contributed by atoms with Crippen LogP contribution >= 0.6 is 0 Å². The fourth-order valence-electron chi connectivity index (χ4n) is 0. The number of carbonyl (C=O) groups excluding carboxylic acids is 4. The van der Waals surface area contributed by atoms with Crippen LogP contribution < -0.4 is 20.4 Å². The van der Waals surface area contributed by atoms with Crippen LogP contribution in [0.15, 0.2) is 50.6 Å². The summed E-state index contributed by atoms with van der Waals surface area (Å²) in [7, 11) is 0. The molecule has 0 aliphatic heterocycles. The molecule has 0 bridgehead atoms. The Balaban J connectivity index is -0.0000000376. The van der Waals surface area contributed by atoms with Crippen molar-refractivity contribution in [2.24, 2.45) is 0 Å². The Kier molecular flexibility index (Phi) is 53.8. The van der Waals surface area contributed by atoms with Crippen LogP contribution in [0.2, 0.25) is 0 Å². The van der Waals surface area contributed by atoms with Gasteiger partial charge in [0.2, 0.25) is 0 Å². The summed E-state index contributed by atoms with van der Waals surface area (Å²) < 4.78 is 0. The number of aliphatic carboxylic acids is 4. The molecule has 0 rings (SSSR count). The third-order valence-corrected chi connectivity index (χ3v) is 0.667. The smallest absolute Gasteiger partial charge is 0.545 e. The molecule has 0 fully saturated rings. The molecule has 10 heteroatoms. The van der Waals surface area contributed by atoms with Crippen LogP contribution in [0.5, 0.6) is 0 Å². The molecule has 0 saturated carbocycles. The summed E-state index contributed by atoms with van der Waals surface area (Å²) in [5, 5.41) is 36.6. The number of carboxylic acid groups (broad SMARTS) is 4. The van der Waals surface area contributed by atoms with E-state index in [2.05, 4.69) is 26.3 Å². The van der Waals surface area contributed by atoms with E-state index in [1.54, 1.807) is 0 Å². The van der Waals surface area contributed by atoms with Gasteiger partial charge < -0.3 is 39.6 Å². The van der Waals surface area contributed by atoms with Gasteiger partial charge in [0.1, 0.15) is 0 Å². The van der Waals surface area contributed by atoms with E-state index in [1.165, 1.54) is 0 Å². The maximum Gasteiger partial charge on any atom is 2.00 e. The molecule has 0 aromatic carbocycles. The first kappa shape index (κ1) is 37.2. The summed E-state index contributed by atoms with van der Waals surface area (Å²) in [6.07, 6.45) is 2.89. The first-order valence-electron chi connectivity index (χ1n) is 4.42. The normalized spacial score (nSPS) is 5.82. The second kappa shape index (κ2) is 31.9. The average Bonchev–Trinajstić information content (AvgIpc) is 2.40. The summed E-state index contributed by atoms with van der Waals surface area (Å²) in [6, 6.07) is 0. The standard InChI is InChI=1S/4C3H4O2.2Pb/c4*1-2-3(4)5;;/h4*2H,1H2,(H,4,5);;/q;;;;2*+2/p-4. The van der Waals surface area contributed by atoms with Gasteiger partial charge >= 0.3 is 54.6 Å². The second-order valence-corrected chi connectivity index (χ2v) is 2.09. The third kappa shape index (κ3) is 131. The molecule has 0 amide bonds. The van der Waals surface area contributed by atoms with Crippen molar-refractivity contribution in [1.82, 2.24) is 0 Å². The summed E-state index contributed by atoms with van der Waals surface area (Å²) in [5.74, 6) is -4.93. The van der Waals surface area contributed by atoms with Crippen molar-refractivity contribution in [3.63, 3.8) is 0 Å². The van der Waals surface area contributed by atoms with Gasteiger partial charge in [0.25, 0.3) is 0 Å². The van der Waals surface area contributed by atoms with Crippen LogP contribution in [-0.4, -0.2) is 78.5 Å². The van der Waals surface area contributed by atoms with Crippen LogP contribution in [0.25, 0.3) is 0 Å². The van der Waals surface area contributed by atoms with Crippen molar-refractivity contribution in [2.75, 3.05) is 0 Å². The van der Waals surface area contributed by atoms with Crippen LogP contribution in [0, 0.1) is 0 Å². The van der Waals surface area contributed by atoms with E-state index in [9.17, 15) is 0 Å².